The smallest absolute Gasteiger partial charge is 0.269 e. The van der Waals surface area contributed by atoms with Crippen molar-refractivity contribution in [1.82, 2.24) is 4.90 Å². The van der Waals surface area contributed by atoms with E-state index in [1.807, 2.05) is 0 Å². The van der Waals surface area contributed by atoms with Crippen LogP contribution in [0.15, 0.2) is 48.5 Å². The first-order chi connectivity index (χ1) is 14.9. The minimum Gasteiger partial charge on any atom is -0.376 e. The number of hydrogen-bond acceptors (Lipinski definition) is 6. The first-order valence-corrected chi connectivity index (χ1v) is 9.78. The van der Waals surface area contributed by atoms with Gasteiger partial charge in [0.15, 0.2) is 0 Å². The SMILES string of the molecule is O=C(/C=C/c1ccc([N+](=O)[O-])cc1)Nc1ccc2c(c1)C(=O)N(CC1CCCO1)C2=O. The molecule has 0 spiro atoms. The highest BCUT2D eigenvalue weighted by atomic mass is 16.6. The van der Waals surface area contributed by atoms with Gasteiger partial charge in [0.2, 0.25) is 5.91 Å². The Labute approximate surface area is 177 Å². The van der Waals surface area contributed by atoms with Gasteiger partial charge in [0.05, 0.1) is 28.7 Å². The summed E-state index contributed by atoms with van der Waals surface area (Å²) in [6.07, 6.45) is 4.40. The van der Waals surface area contributed by atoms with Crippen LogP contribution in [0, 0.1) is 10.1 Å². The second kappa shape index (κ2) is 8.49. The van der Waals surface area contributed by atoms with Gasteiger partial charge in [-0.2, -0.15) is 0 Å². The fourth-order valence-corrected chi connectivity index (χ4v) is 3.59. The molecule has 0 radical (unpaired) electrons. The lowest BCUT2D eigenvalue weighted by atomic mass is 10.1. The molecule has 2 heterocycles. The van der Waals surface area contributed by atoms with E-state index in [9.17, 15) is 24.5 Å². The predicted molar refractivity (Wildman–Crippen MR) is 112 cm³/mol. The fourth-order valence-electron chi connectivity index (χ4n) is 3.59. The number of carbonyl (C=O) groups is 3. The zero-order valence-corrected chi connectivity index (χ0v) is 16.4. The Kier molecular flexibility index (Phi) is 5.59. The monoisotopic (exact) mass is 421 g/mol. The molecular weight excluding hydrogens is 402 g/mol. The van der Waals surface area contributed by atoms with Gasteiger partial charge in [-0.3, -0.25) is 29.4 Å². The number of amides is 3. The zero-order valence-electron chi connectivity index (χ0n) is 16.4. The maximum atomic E-state index is 12.7. The summed E-state index contributed by atoms with van der Waals surface area (Å²) in [4.78, 5) is 48.9. The number of imide groups is 1. The van der Waals surface area contributed by atoms with Crippen LogP contribution < -0.4 is 5.32 Å². The summed E-state index contributed by atoms with van der Waals surface area (Å²) in [5, 5.41) is 13.3. The quantitative estimate of drug-likeness (QED) is 0.331. The lowest BCUT2D eigenvalue weighted by Crippen LogP contribution is -2.36. The second-order valence-electron chi connectivity index (χ2n) is 7.29. The van der Waals surface area contributed by atoms with Crippen LogP contribution in [0.1, 0.15) is 39.1 Å². The third-order valence-corrected chi connectivity index (χ3v) is 5.18. The van der Waals surface area contributed by atoms with Crippen molar-refractivity contribution in [1.29, 1.82) is 0 Å². The number of nitrogens with zero attached hydrogens (tertiary/aromatic N) is 2. The molecule has 9 heteroatoms. The van der Waals surface area contributed by atoms with Gasteiger partial charge in [-0.15, -0.1) is 0 Å². The fraction of sp³-hybridized carbons (Fsp3) is 0.227. The van der Waals surface area contributed by atoms with Crippen LogP contribution in [-0.2, 0) is 9.53 Å². The lowest BCUT2D eigenvalue weighted by molar-refractivity contribution is -0.384. The molecule has 2 aromatic rings. The van der Waals surface area contributed by atoms with E-state index in [1.165, 1.54) is 53.5 Å². The first-order valence-electron chi connectivity index (χ1n) is 9.78. The largest absolute Gasteiger partial charge is 0.376 e. The Morgan fingerprint density at radius 3 is 2.58 bits per heavy atom. The number of ether oxygens (including phenoxy) is 1. The Balaban J connectivity index is 1.42. The number of hydrogen-bond donors (Lipinski definition) is 1. The Hall–Kier alpha value is -3.85. The number of carbonyl (C=O) groups excluding carboxylic acids is 3. The average molecular weight is 421 g/mol. The van der Waals surface area contributed by atoms with Crippen LogP contribution in [0.5, 0.6) is 0 Å². The molecule has 2 aliphatic rings. The maximum absolute atomic E-state index is 12.7. The molecule has 3 amide bonds. The third-order valence-electron chi connectivity index (χ3n) is 5.18. The molecule has 158 valence electrons. The van der Waals surface area contributed by atoms with E-state index in [0.29, 0.717) is 23.4 Å². The first kappa shape index (κ1) is 20.4. The molecule has 2 aromatic carbocycles. The van der Waals surface area contributed by atoms with E-state index in [2.05, 4.69) is 5.32 Å². The van der Waals surface area contributed by atoms with Gasteiger partial charge < -0.3 is 10.1 Å². The summed E-state index contributed by atoms with van der Waals surface area (Å²) in [6, 6.07) is 10.3. The average Bonchev–Trinajstić information content (AvgIpc) is 3.36. The summed E-state index contributed by atoms with van der Waals surface area (Å²) in [5.41, 5.74) is 1.53. The van der Waals surface area contributed by atoms with Crippen molar-refractivity contribution >= 4 is 35.2 Å². The van der Waals surface area contributed by atoms with Gasteiger partial charge in [0.25, 0.3) is 17.5 Å². The van der Waals surface area contributed by atoms with Crippen LogP contribution >= 0.6 is 0 Å². The van der Waals surface area contributed by atoms with Gasteiger partial charge in [-0.1, -0.05) is 0 Å². The molecule has 0 saturated carbocycles. The van der Waals surface area contributed by atoms with Crippen molar-refractivity contribution < 1.29 is 24.0 Å². The number of anilines is 1. The Bertz CT molecular complexity index is 1090. The summed E-state index contributed by atoms with van der Waals surface area (Å²) in [6.45, 7) is 0.865. The van der Waals surface area contributed by atoms with E-state index >= 15 is 0 Å². The molecule has 1 saturated heterocycles. The van der Waals surface area contributed by atoms with Gasteiger partial charge in [-0.25, -0.2) is 0 Å². The zero-order chi connectivity index (χ0) is 22.0. The van der Waals surface area contributed by atoms with E-state index in [-0.39, 0.29) is 29.8 Å². The highest BCUT2D eigenvalue weighted by molar-refractivity contribution is 6.22. The van der Waals surface area contributed by atoms with Gasteiger partial charge >= 0.3 is 0 Å². The van der Waals surface area contributed by atoms with Crippen molar-refractivity contribution in [2.24, 2.45) is 0 Å². The maximum Gasteiger partial charge on any atom is 0.269 e. The van der Waals surface area contributed by atoms with Crippen molar-refractivity contribution in [2.75, 3.05) is 18.5 Å². The molecule has 1 N–H and O–H groups in total. The number of non-ortho nitro benzene ring substituents is 1. The van der Waals surface area contributed by atoms with E-state index < -0.39 is 16.7 Å². The molecule has 0 aliphatic carbocycles. The summed E-state index contributed by atoms with van der Waals surface area (Å²) in [5.74, 6) is -1.19. The highest BCUT2D eigenvalue weighted by Crippen LogP contribution is 2.27. The summed E-state index contributed by atoms with van der Waals surface area (Å²) >= 11 is 0. The van der Waals surface area contributed by atoms with Crippen molar-refractivity contribution in [3.8, 4) is 0 Å². The molecule has 31 heavy (non-hydrogen) atoms. The van der Waals surface area contributed by atoms with Crippen molar-refractivity contribution in [3.63, 3.8) is 0 Å². The molecule has 1 fully saturated rings. The predicted octanol–water partition coefficient (Wildman–Crippen LogP) is 3.02. The van der Waals surface area contributed by atoms with Crippen LogP contribution in [0.25, 0.3) is 6.08 Å². The molecule has 2 aliphatic heterocycles. The minimum absolute atomic E-state index is 0.0347. The third kappa shape index (κ3) is 4.36. The number of benzene rings is 2. The van der Waals surface area contributed by atoms with Gasteiger partial charge in [0.1, 0.15) is 0 Å². The molecular formula is C22H19N3O6. The molecule has 9 nitrogen and oxygen atoms in total. The molecule has 0 aromatic heterocycles. The van der Waals surface area contributed by atoms with Crippen LogP contribution in [0.2, 0.25) is 0 Å². The highest BCUT2D eigenvalue weighted by Gasteiger charge is 2.37. The van der Waals surface area contributed by atoms with Crippen LogP contribution in [-0.4, -0.2) is 46.8 Å². The number of rotatable bonds is 6. The van der Waals surface area contributed by atoms with Gasteiger partial charge in [0, 0.05) is 30.5 Å². The number of nitrogens with one attached hydrogen (secondary N) is 1. The Morgan fingerprint density at radius 1 is 1.16 bits per heavy atom. The van der Waals surface area contributed by atoms with Gasteiger partial charge in [-0.05, 0) is 54.8 Å². The Morgan fingerprint density at radius 2 is 1.90 bits per heavy atom. The lowest BCUT2D eigenvalue weighted by Gasteiger charge is -2.17. The number of nitro benzene ring substituents is 1. The normalized spacial score (nSPS) is 17.9. The number of fused-ring (bicyclic) bond motifs is 1. The van der Waals surface area contributed by atoms with Crippen molar-refractivity contribution in [3.05, 3.63) is 75.3 Å². The molecule has 1 unspecified atom stereocenters. The second-order valence-corrected chi connectivity index (χ2v) is 7.29. The number of nitro groups is 1. The van der Waals surface area contributed by atoms with Crippen molar-refractivity contribution in [2.45, 2.75) is 18.9 Å². The summed E-state index contributed by atoms with van der Waals surface area (Å²) in [7, 11) is 0. The van der Waals surface area contributed by atoms with E-state index in [1.54, 1.807) is 6.07 Å². The topological polar surface area (TPSA) is 119 Å². The van der Waals surface area contributed by atoms with Crippen LogP contribution in [0.3, 0.4) is 0 Å². The molecule has 0 bridgehead atoms. The standard InChI is InChI=1S/C22H19N3O6/c26-20(10-5-14-3-7-16(8-4-14)25(29)30)23-15-6-9-18-19(12-15)22(28)24(21(18)27)13-17-2-1-11-31-17/h3-10,12,17H,1-2,11,13H2,(H,23,26)/b10-5+. The van der Waals surface area contributed by atoms with E-state index in [4.69, 9.17) is 4.74 Å². The molecule has 1 atom stereocenters. The minimum atomic E-state index is -0.498. The van der Waals surface area contributed by atoms with Crippen LogP contribution in [0.4, 0.5) is 11.4 Å². The molecule has 4 rings (SSSR count). The summed E-state index contributed by atoms with van der Waals surface area (Å²) < 4.78 is 5.52. The van der Waals surface area contributed by atoms with E-state index in [0.717, 1.165) is 12.8 Å².